The molecule has 18 heavy (non-hydrogen) atoms. The summed E-state index contributed by atoms with van der Waals surface area (Å²) in [7, 11) is 0. The van der Waals surface area contributed by atoms with Gasteiger partial charge in [-0.05, 0) is 40.4 Å². The molecule has 0 unspecified atom stereocenters. The molecule has 2 aromatic rings. The predicted molar refractivity (Wildman–Crippen MR) is 71.6 cm³/mol. The Morgan fingerprint density at radius 1 is 1.44 bits per heavy atom. The van der Waals surface area contributed by atoms with Crippen LogP contribution in [-0.4, -0.2) is 15.1 Å². The van der Waals surface area contributed by atoms with Gasteiger partial charge in [-0.1, -0.05) is 19.0 Å². The third-order valence-electron chi connectivity index (χ3n) is 2.45. The van der Waals surface area contributed by atoms with E-state index in [1.807, 2.05) is 12.1 Å². The normalized spacial score (nSPS) is 12.9. The summed E-state index contributed by atoms with van der Waals surface area (Å²) in [5.74, 6) is 1.39. The fourth-order valence-corrected chi connectivity index (χ4v) is 2.07. The van der Waals surface area contributed by atoms with E-state index in [1.165, 1.54) is 0 Å². The highest BCUT2D eigenvalue weighted by Gasteiger charge is 2.18. The molecule has 2 aromatic heterocycles. The molecular formula is C12H15BrN4O. The molecule has 2 rings (SSSR count). The van der Waals surface area contributed by atoms with Crippen LogP contribution in [0.2, 0.25) is 0 Å². The lowest BCUT2D eigenvalue weighted by atomic mass is 10.0. The number of hydrogen-bond acceptors (Lipinski definition) is 5. The van der Waals surface area contributed by atoms with Crippen molar-refractivity contribution in [3.63, 3.8) is 0 Å². The van der Waals surface area contributed by atoms with Gasteiger partial charge in [0.05, 0.1) is 6.04 Å². The van der Waals surface area contributed by atoms with Gasteiger partial charge in [0.15, 0.2) is 0 Å². The van der Waals surface area contributed by atoms with Crippen LogP contribution in [0.1, 0.15) is 32.2 Å². The maximum absolute atomic E-state index is 6.00. The smallest absolute Gasteiger partial charge is 0.243 e. The molecule has 0 aliphatic carbocycles. The summed E-state index contributed by atoms with van der Waals surface area (Å²) in [4.78, 5) is 8.51. The number of rotatable bonds is 4. The predicted octanol–water partition coefficient (Wildman–Crippen LogP) is 2.94. The molecule has 2 N–H and O–H groups in total. The molecule has 0 amide bonds. The number of pyridine rings is 1. The van der Waals surface area contributed by atoms with E-state index in [1.54, 1.807) is 6.20 Å². The molecule has 1 atom stereocenters. The average molecular weight is 311 g/mol. The van der Waals surface area contributed by atoms with E-state index in [9.17, 15) is 0 Å². The maximum atomic E-state index is 6.00. The van der Waals surface area contributed by atoms with Crippen molar-refractivity contribution < 1.29 is 4.52 Å². The van der Waals surface area contributed by atoms with Crippen molar-refractivity contribution in [3.8, 4) is 11.5 Å². The first-order valence-electron chi connectivity index (χ1n) is 5.78. The van der Waals surface area contributed by atoms with Crippen LogP contribution in [0, 0.1) is 5.92 Å². The molecule has 0 aromatic carbocycles. The third kappa shape index (κ3) is 2.94. The maximum Gasteiger partial charge on any atom is 0.243 e. The number of halogens is 1. The second-order valence-corrected chi connectivity index (χ2v) is 5.38. The number of hydrogen-bond donors (Lipinski definition) is 1. The van der Waals surface area contributed by atoms with Crippen LogP contribution >= 0.6 is 15.9 Å². The van der Waals surface area contributed by atoms with Crippen molar-refractivity contribution in [2.24, 2.45) is 11.7 Å². The Hall–Kier alpha value is -1.27. The van der Waals surface area contributed by atoms with Crippen LogP contribution in [0.15, 0.2) is 27.3 Å². The summed E-state index contributed by atoms with van der Waals surface area (Å²) in [6, 6.07) is 3.49. The van der Waals surface area contributed by atoms with E-state index in [-0.39, 0.29) is 6.04 Å². The van der Waals surface area contributed by atoms with Crippen LogP contribution in [-0.2, 0) is 0 Å². The van der Waals surface area contributed by atoms with E-state index in [0.29, 0.717) is 23.3 Å². The van der Waals surface area contributed by atoms with Gasteiger partial charge in [-0.3, -0.25) is 4.98 Å². The summed E-state index contributed by atoms with van der Waals surface area (Å²) in [6.45, 7) is 4.21. The summed E-state index contributed by atoms with van der Waals surface area (Å²) < 4.78 is 6.02. The molecule has 2 heterocycles. The zero-order chi connectivity index (χ0) is 13.1. The molecule has 6 heteroatoms. The molecule has 0 spiro atoms. The summed E-state index contributed by atoms with van der Waals surface area (Å²) in [5, 5.41) is 3.92. The highest BCUT2D eigenvalue weighted by Crippen LogP contribution is 2.25. The van der Waals surface area contributed by atoms with Crippen LogP contribution < -0.4 is 5.73 Å². The lowest BCUT2D eigenvalue weighted by molar-refractivity contribution is 0.335. The van der Waals surface area contributed by atoms with Crippen molar-refractivity contribution in [2.45, 2.75) is 26.3 Å². The lowest BCUT2D eigenvalue weighted by Crippen LogP contribution is -2.13. The Kier molecular flexibility index (Phi) is 4.08. The fraction of sp³-hybridized carbons (Fsp3) is 0.417. The second kappa shape index (κ2) is 5.58. The number of nitrogens with zero attached hydrogens (tertiary/aromatic N) is 3. The largest absolute Gasteiger partial charge is 0.337 e. The van der Waals surface area contributed by atoms with E-state index >= 15 is 0 Å². The molecule has 0 aliphatic heterocycles. The quantitative estimate of drug-likeness (QED) is 0.939. The van der Waals surface area contributed by atoms with E-state index in [2.05, 4.69) is 44.9 Å². The second-order valence-electron chi connectivity index (χ2n) is 4.53. The topological polar surface area (TPSA) is 77.8 Å². The first kappa shape index (κ1) is 13.2. The first-order chi connectivity index (χ1) is 8.58. The van der Waals surface area contributed by atoms with Gasteiger partial charge in [-0.25, -0.2) is 0 Å². The molecule has 96 valence electrons. The molecule has 0 fully saturated rings. The molecule has 0 saturated carbocycles. The van der Waals surface area contributed by atoms with Gasteiger partial charge in [0.1, 0.15) is 5.69 Å². The summed E-state index contributed by atoms with van der Waals surface area (Å²) in [5.41, 5.74) is 6.65. The highest BCUT2D eigenvalue weighted by molar-refractivity contribution is 9.10. The van der Waals surface area contributed by atoms with Crippen LogP contribution in [0.3, 0.4) is 0 Å². The van der Waals surface area contributed by atoms with Crippen LogP contribution in [0.25, 0.3) is 11.5 Å². The molecular weight excluding hydrogens is 296 g/mol. The Morgan fingerprint density at radius 3 is 2.89 bits per heavy atom. The highest BCUT2D eigenvalue weighted by atomic mass is 79.9. The first-order valence-corrected chi connectivity index (χ1v) is 6.57. The third-order valence-corrected chi connectivity index (χ3v) is 3.09. The van der Waals surface area contributed by atoms with Gasteiger partial charge in [0, 0.05) is 10.7 Å². The monoisotopic (exact) mass is 310 g/mol. The molecule has 5 nitrogen and oxygen atoms in total. The van der Waals surface area contributed by atoms with E-state index in [0.717, 1.165) is 10.9 Å². The van der Waals surface area contributed by atoms with Gasteiger partial charge < -0.3 is 10.3 Å². The minimum absolute atomic E-state index is 0.228. The van der Waals surface area contributed by atoms with Crippen molar-refractivity contribution in [1.82, 2.24) is 15.1 Å². The molecule has 0 radical (unpaired) electrons. The van der Waals surface area contributed by atoms with E-state index in [4.69, 9.17) is 10.3 Å². The molecule has 0 saturated heterocycles. The van der Waals surface area contributed by atoms with Crippen molar-refractivity contribution in [1.29, 1.82) is 0 Å². The van der Waals surface area contributed by atoms with E-state index < -0.39 is 0 Å². The lowest BCUT2D eigenvalue weighted by Gasteiger charge is -2.08. The van der Waals surface area contributed by atoms with Crippen LogP contribution in [0.4, 0.5) is 0 Å². The Balaban J connectivity index is 2.23. The number of nitrogens with two attached hydrogens (primary N) is 1. The average Bonchev–Trinajstić information content (AvgIpc) is 2.78. The summed E-state index contributed by atoms with van der Waals surface area (Å²) >= 11 is 3.40. The van der Waals surface area contributed by atoms with Gasteiger partial charge in [-0.15, -0.1) is 0 Å². The van der Waals surface area contributed by atoms with Crippen molar-refractivity contribution in [2.75, 3.05) is 0 Å². The Morgan fingerprint density at radius 2 is 2.22 bits per heavy atom. The standard InChI is InChI=1S/C12H15BrN4O/c1-7(2)6-9(14)12-16-11(17-18-12)10-8(13)4-3-5-15-10/h3-5,7,9H,6,14H2,1-2H3/t9-/m0/s1. The zero-order valence-corrected chi connectivity index (χ0v) is 11.9. The van der Waals surface area contributed by atoms with Crippen molar-refractivity contribution in [3.05, 3.63) is 28.7 Å². The van der Waals surface area contributed by atoms with Crippen molar-refractivity contribution >= 4 is 15.9 Å². The zero-order valence-electron chi connectivity index (χ0n) is 10.3. The Labute approximate surface area is 114 Å². The minimum Gasteiger partial charge on any atom is -0.337 e. The SMILES string of the molecule is CC(C)C[C@H](N)c1nc(-c2ncccc2Br)no1. The van der Waals surface area contributed by atoms with Gasteiger partial charge in [0.2, 0.25) is 11.7 Å². The van der Waals surface area contributed by atoms with Gasteiger partial charge in [-0.2, -0.15) is 4.98 Å². The molecule has 0 aliphatic rings. The van der Waals surface area contributed by atoms with Gasteiger partial charge in [0.25, 0.3) is 0 Å². The Bertz CT molecular complexity index is 526. The minimum atomic E-state index is -0.228. The summed E-state index contributed by atoms with van der Waals surface area (Å²) in [6.07, 6.45) is 2.50. The fourth-order valence-electron chi connectivity index (χ4n) is 1.64. The number of aromatic nitrogens is 3. The van der Waals surface area contributed by atoms with Gasteiger partial charge >= 0.3 is 0 Å². The van der Waals surface area contributed by atoms with Crippen LogP contribution in [0.5, 0.6) is 0 Å². The molecule has 0 bridgehead atoms.